The Hall–Kier alpha value is -1.93. The molecule has 1 saturated heterocycles. The average molecular weight is 408 g/mol. The first-order valence-electron chi connectivity index (χ1n) is 8.71. The number of piperazine rings is 1. The molecule has 1 unspecified atom stereocenters. The molecular weight excluding hydrogens is 386 g/mol. The standard InChI is InChI=1S/C19H22ClN3O3S/c1-15-13-22(14-19(24)21-17-5-3-2-4-6-17)11-12-23(15)27(25,26)18-9-7-16(20)8-10-18/h2-10,15H,11-14H2,1H3,(H,21,24). The van der Waals surface area contributed by atoms with E-state index in [4.69, 9.17) is 11.6 Å². The van der Waals surface area contributed by atoms with E-state index < -0.39 is 10.0 Å². The molecule has 1 N–H and O–H groups in total. The number of para-hydroxylation sites is 1. The van der Waals surface area contributed by atoms with Gasteiger partial charge in [-0.3, -0.25) is 9.69 Å². The number of sulfonamides is 1. The molecule has 144 valence electrons. The van der Waals surface area contributed by atoms with E-state index in [1.807, 2.05) is 42.2 Å². The summed E-state index contributed by atoms with van der Waals surface area (Å²) in [6, 6.07) is 15.2. The lowest BCUT2D eigenvalue weighted by molar-refractivity contribution is -0.117. The van der Waals surface area contributed by atoms with Crippen molar-refractivity contribution in [2.75, 3.05) is 31.5 Å². The van der Waals surface area contributed by atoms with Gasteiger partial charge in [0.2, 0.25) is 15.9 Å². The van der Waals surface area contributed by atoms with Crippen LogP contribution in [0.2, 0.25) is 5.02 Å². The predicted molar refractivity (Wildman–Crippen MR) is 106 cm³/mol. The fourth-order valence-electron chi connectivity index (χ4n) is 3.18. The van der Waals surface area contributed by atoms with Crippen LogP contribution in [0.15, 0.2) is 59.5 Å². The number of benzene rings is 2. The first kappa shape index (κ1) is 19.8. The number of carbonyl (C=O) groups excluding carboxylic acids is 1. The van der Waals surface area contributed by atoms with E-state index >= 15 is 0 Å². The molecule has 27 heavy (non-hydrogen) atoms. The summed E-state index contributed by atoms with van der Waals surface area (Å²) in [4.78, 5) is 14.4. The van der Waals surface area contributed by atoms with Gasteiger partial charge in [0.25, 0.3) is 0 Å². The first-order valence-corrected chi connectivity index (χ1v) is 10.5. The maximum atomic E-state index is 12.9. The molecule has 1 fully saturated rings. The Bertz CT molecular complexity index is 888. The number of amides is 1. The number of nitrogens with zero attached hydrogens (tertiary/aromatic N) is 2. The van der Waals surface area contributed by atoms with Crippen molar-refractivity contribution in [3.8, 4) is 0 Å². The van der Waals surface area contributed by atoms with Crippen molar-refractivity contribution in [2.45, 2.75) is 17.9 Å². The third-order valence-corrected chi connectivity index (χ3v) is 6.78. The van der Waals surface area contributed by atoms with E-state index in [1.165, 1.54) is 16.4 Å². The molecule has 0 aromatic heterocycles. The zero-order chi connectivity index (χ0) is 19.4. The van der Waals surface area contributed by atoms with Crippen LogP contribution in [0.1, 0.15) is 6.92 Å². The second-order valence-electron chi connectivity index (χ2n) is 6.57. The van der Waals surface area contributed by atoms with Crippen LogP contribution in [0.3, 0.4) is 0 Å². The van der Waals surface area contributed by atoms with Crippen molar-refractivity contribution in [1.82, 2.24) is 9.21 Å². The number of rotatable bonds is 5. The minimum Gasteiger partial charge on any atom is -0.325 e. The number of anilines is 1. The van der Waals surface area contributed by atoms with Gasteiger partial charge in [0.1, 0.15) is 0 Å². The molecule has 2 aromatic rings. The SMILES string of the molecule is CC1CN(CC(=O)Nc2ccccc2)CCN1S(=O)(=O)c1ccc(Cl)cc1. The van der Waals surface area contributed by atoms with Gasteiger partial charge in [0, 0.05) is 36.4 Å². The molecule has 6 nitrogen and oxygen atoms in total. The average Bonchev–Trinajstić information content (AvgIpc) is 2.62. The topological polar surface area (TPSA) is 69.7 Å². The fraction of sp³-hybridized carbons (Fsp3) is 0.316. The fourth-order valence-corrected chi connectivity index (χ4v) is 4.92. The highest BCUT2D eigenvalue weighted by Gasteiger charge is 2.34. The molecule has 3 rings (SSSR count). The third-order valence-electron chi connectivity index (χ3n) is 4.50. The highest BCUT2D eigenvalue weighted by atomic mass is 35.5. The van der Waals surface area contributed by atoms with Gasteiger partial charge in [0.05, 0.1) is 11.4 Å². The molecule has 0 spiro atoms. The van der Waals surface area contributed by atoms with Gasteiger partial charge in [-0.05, 0) is 43.3 Å². The van der Waals surface area contributed by atoms with Crippen LogP contribution < -0.4 is 5.32 Å². The molecule has 1 aliphatic heterocycles. The van der Waals surface area contributed by atoms with Gasteiger partial charge in [-0.1, -0.05) is 29.8 Å². The Balaban J connectivity index is 1.60. The normalized spacial score (nSPS) is 19.0. The van der Waals surface area contributed by atoms with Crippen molar-refractivity contribution >= 4 is 33.2 Å². The van der Waals surface area contributed by atoms with E-state index in [0.717, 1.165) is 5.69 Å². The second kappa shape index (κ2) is 8.39. The maximum Gasteiger partial charge on any atom is 0.243 e. The summed E-state index contributed by atoms with van der Waals surface area (Å²) in [5.74, 6) is -0.109. The number of hydrogen-bond acceptors (Lipinski definition) is 4. The minimum absolute atomic E-state index is 0.109. The van der Waals surface area contributed by atoms with Crippen LogP contribution in [0, 0.1) is 0 Å². The van der Waals surface area contributed by atoms with Gasteiger partial charge >= 0.3 is 0 Å². The monoisotopic (exact) mass is 407 g/mol. The molecule has 1 atom stereocenters. The van der Waals surface area contributed by atoms with Gasteiger partial charge < -0.3 is 5.32 Å². The molecule has 1 aliphatic rings. The molecule has 0 saturated carbocycles. The second-order valence-corrected chi connectivity index (χ2v) is 8.90. The maximum absolute atomic E-state index is 12.9. The Morgan fingerprint density at radius 3 is 2.41 bits per heavy atom. The Morgan fingerprint density at radius 2 is 1.78 bits per heavy atom. The molecule has 8 heteroatoms. The largest absolute Gasteiger partial charge is 0.325 e. The molecule has 0 aliphatic carbocycles. The highest BCUT2D eigenvalue weighted by Crippen LogP contribution is 2.22. The van der Waals surface area contributed by atoms with Gasteiger partial charge in [-0.25, -0.2) is 8.42 Å². The molecule has 1 heterocycles. The van der Waals surface area contributed by atoms with Crippen molar-refractivity contribution < 1.29 is 13.2 Å². The van der Waals surface area contributed by atoms with Crippen LogP contribution in [-0.2, 0) is 14.8 Å². The summed E-state index contributed by atoms with van der Waals surface area (Å²) in [7, 11) is -3.58. The molecule has 2 aromatic carbocycles. The Labute approximate surface area is 164 Å². The molecule has 0 radical (unpaired) electrons. The zero-order valence-corrected chi connectivity index (χ0v) is 16.6. The first-order chi connectivity index (χ1) is 12.9. The Morgan fingerprint density at radius 1 is 1.11 bits per heavy atom. The van der Waals surface area contributed by atoms with Crippen LogP contribution in [0.25, 0.3) is 0 Å². The summed E-state index contributed by atoms with van der Waals surface area (Å²) in [6.07, 6.45) is 0. The van der Waals surface area contributed by atoms with E-state index in [2.05, 4.69) is 5.32 Å². The van der Waals surface area contributed by atoms with E-state index in [1.54, 1.807) is 12.1 Å². The minimum atomic E-state index is -3.58. The number of nitrogens with one attached hydrogen (secondary N) is 1. The number of hydrogen-bond donors (Lipinski definition) is 1. The van der Waals surface area contributed by atoms with Crippen molar-refractivity contribution in [3.05, 3.63) is 59.6 Å². The van der Waals surface area contributed by atoms with Gasteiger partial charge in [-0.15, -0.1) is 0 Å². The zero-order valence-electron chi connectivity index (χ0n) is 15.0. The van der Waals surface area contributed by atoms with Crippen molar-refractivity contribution in [1.29, 1.82) is 0 Å². The van der Waals surface area contributed by atoms with Crippen LogP contribution in [0.4, 0.5) is 5.69 Å². The van der Waals surface area contributed by atoms with Crippen LogP contribution in [0.5, 0.6) is 0 Å². The summed E-state index contributed by atoms with van der Waals surface area (Å²) in [5.41, 5.74) is 0.750. The Kier molecular flexibility index (Phi) is 6.16. The van der Waals surface area contributed by atoms with Crippen LogP contribution >= 0.6 is 11.6 Å². The summed E-state index contributed by atoms with van der Waals surface area (Å²) in [6.45, 7) is 3.42. The molecule has 0 bridgehead atoms. The molecule has 1 amide bonds. The summed E-state index contributed by atoms with van der Waals surface area (Å²) < 4.78 is 27.2. The van der Waals surface area contributed by atoms with Gasteiger partial charge in [-0.2, -0.15) is 4.31 Å². The predicted octanol–water partition coefficient (Wildman–Crippen LogP) is 2.67. The number of halogens is 1. The van der Waals surface area contributed by atoms with Gasteiger partial charge in [0.15, 0.2) is 0 Å². The lowest BCUT2D eigenvalue weighted by atomic mass is 10.2. The van der Waals surface area contributed by atoms with E-state index in [9.17, 15) is 13.2 Å². The smallest absolute Gasteiger partial charge is 0.243 e. The quantitative estimate of drug-likeness (QED) is 0.827. The summed E-state index contributed by atoms with van der Waals surface area (Å²) >= 11 is 5.85. The van der Waals surface area contributed by atoms with Crippen molar-refractivity contribution in [3.63, 3.8) is 0 Å². The highest BCUT2D eigenvalue weighted by molar-refractivity contribution is 7.89. The lowest BCUT2D eigenvalue weighted by Crippen LogP contribution is -2.55. The van der Waals surface area contributed by atoms with E-state index in [0.29, 0.717) is 24.7 Å². The van der Waals surface area contributed by atoms with Crippen LogP contribution in [-0.4, -0.2) is 55.8 Å². The lowest BCUT2D eigenvalue weighted by Gasteiger charge is -2.38. The summed E-state index contributed by atoms with van der Waals surface area (Å²) in [5, 5.41) is 3.35. The number of carbonyl (C=O) groups is 1. The third kappa shape index (κ3) is 4.87. The van der Waals surface area contributed by atoms with Crippen molar-refractivity contribution in [2.24, 2.45) is 0 Å². The van der Waals surface area contributed by atoms with E-state index in [-0.39, 0.29) is 23.4 Å². The molecular formula is C19H22ClN3O3S.